The Bertz CT molecular complexity index is 1310. The molecule has 4 heterocycles. The Morgan fingerprint density at radius 3 is 2.64 bits per heavy atom. The molecule has 0 amide bonds. The van der Waals surface area contributed by atoms with E-state index in [0.29, 0.717) is 6.79 Å². The van der Waals surface area contributed by atoms with E-state index in [1.165, 1.54) is 46.0 Å². The highest BCUT2D eigenvalue weighted by Crippen LogP contribution is 2.43. The minimum Gasteiger partial charge on any atom is -1.00 e. The lowest BCUT2D eigenvalue weighted by Gasteiger charge is -2.27. The first-order valence-corrected chi connectivity index (χ1v) is 14.3. The Hall–Kier alpha value is -2.30. The molecule has 0 spiro atoms. The average Bonchev–Trinajstić information content (AvgIpc) is 3.41. The number of rotatable bonds is 10. The SMILES string of the molecule is CCCCCNc1c(OC)ccc2c(CCCN3CCOCC3)c3[n+](cc12)CCc1cc2c(cc1-3)OCO2.[I-]. The molecule has 0 unspecified atom stereocenters. The molecule has 1 aromatic heterocycles. The third-order valence-electron chi connectivity index (χ3n) is 8.17. The van der Waals surface area contributed by atoms with Crippen molar-refractivity contribution in [2.24, 2.45) is 0 Å². The summed E-state index contributed by atoms with van der Waals surface area (Å²) in [4.78, 5) is 2.53. The lowest BCUT2D eigenvalue weighted by atomic mass is 9.89. The maximum Gasteiger partial charge on any atom is 0.231 e. The molecule has 2 aromatic carbocycles. The van der Waals surface area contributed by atoms with Gasteiger partial charge in [0, 0.05) is 31.6 Å². The first-order chi connectivity index (χ1) is 18.8. The highest BCUT2D eigenvalue weighted by atomic mass is 127. The lowest BCUT2D eigenvalue weighted by Crippen LogP contribution is -3.00. The number of halogens is 1. The van der Waals surface area contributed by atoms with Crippen LogP contribution in [0.3, 0.4) is 0 Å². The van der Waals surface area contributed by atoms with Crippen molar-refractivity contribution in [1.29, 1.82) is 0 Å². The Balaban J connectivity index is 0.00000308. The molecule has 39 heavy (non-hydrogen) atoms. The number of aryl methyl sites for hydroxylation is 3. The van der Waals surface area contributed by atoms with Crippen molar-refractivity contribution in [2.45, 2.75) is 52.0 Å². The van der Waals surface area contributed by atoms with E-state index in [9.17, 15) is 0 Å². The summed E-state index contributed by atoms with van der Waals surface area (Å²) in [6.45, 7) is 9.26. The summed E-state index contributed by atoms with van der Waals surface area (Å²) >= 11 is 0. The van der Waals surface area contributed by atoms with E-state index in [4.69, 9.17) is 18.9 Å². The van der Waals surface area contributed by atoms with Gasteiger partial charge in [0.15, 0.2) is 24.2 Å². The largest absolute Gasteiger partial charge is 1.00 e. The number of benzene rings is 2. The summed E-state index contributed by atoms with van der Waals surface area (Å²) in [5.74, 6) is 2.63. The highest BCUT2D eigenvalue weighted by molar-refractivity contribution is 6.00. The van der Waals surface area contributed by atoms with E-state index >= 15 is 0 Å². The molecular formula is C31H40IN3O4. The van der Waals surface area contributed by atoms with Gasteiger partial charge in [-0.15, -0.1) is 0 Å². The fraction of sp³-hybridized carbons (Fsp3) is 0.516. The van der Waals surface area contributed by atoms with E-state index in [1.807, 2.05) is 0 Å². The number of fused-ring (bicyclic) bond motifs is 5. The third kappa shape index (κ3) is 5.79. The summed E-state index contributed by atoms with van der Waals surface area (Å²) in [6, 6.07) is 8.79. The van der Waals surface area contributed by atoms with Crippen LogP contribution in [0, 0.1) is 0 Å². The summed E-state index contributed by atoms with van der Waals surface area (Å²) < 4.78 is 25.4. The van der Waals surface area contributed by atoms with E-state index in [-0.39, 0.29) is 24.0 Å². The Labute approximate surface area is 248 Å². The number of hydrogen-bond donors (Lipinski definition) is 1. The van der Waals surface area contributed by atoms with Gasteiger partial charge < -0.3 is 48.2 Å². The van der Waals surface area contributed by atoms with Crippen LogP contribution in [0.2, 0.25) is 0 Å². The second-order valence-electron chi connectivity index (χ2n) is 10.6. The number of methoxy groups -OCH3 is 1. The summed E-state index contributed by atoms with van der Waals surface area (Å²) in [6.07, 6.45) is 9.03. The Morgan fingerprint density at radius 2 is 1.85 bits per heavy atom. The normalized spacial score (nSPS) is 15.9. The van der Waals surface area contributed by atoms with Crippen LogP contribution < -0.4 is 48.1 Å². The van der Waals surface area contributed by atoms with Gasteiger partial charge in [-0.2, -0.15) is 4.57 Å². The number of ether oxygens (including phenoxy) is 4. The van der Waals surface area contributed by atoms with Gasteiger partial charge >= 0.3 is 0 Å². The Morgan fingerprint density at radius 1 is 1.03 bits per heavy atom. The van der Waals surface area contributed by atoms with Gasteiger partial charge in [0.25, 0.3) is 0 Å². The van der Waals surface area contributed by atoms with E-state index in [2.05, 4.69) is 52.2 Å². The zero-order valence-electron chi connectivity index (χ0n) is 23.2. The molecule has 1 saturated heterocycles. The first-order valence-electron chi connectivity index (χ1n) is 14.3. The molecule has 0 saturated carbocycles. The van der Waals surface area contributed by atoms with Crippen molar-refractivity contribution in [3.05, 3.63) is 41.6 Å². The molecule has 210 valence electrons. The van der Waals surface area contributed by atoms with Crippen LogP contribution in [0.5, 0.6) is 17.2 Å². The monoisotopic (exact) mass is 645 g/mol. The molecule has 3 aliphatic heterocycles. The quantitative estimate of drug-likeness (QED) is 0.207. The van der Waals surface area contributed by atoms with Crippen LogP contribution >= 0.6 is 0 Å². The van der Waals surface area contributed by atoms with Crippen LogP contribution in [0.15, 0.2) is 30.5 Å². The average molecular weight is 646 g/mol. The van der Waals surface area contributed by atoms with Gasteiger partial charge in [0.1, 0.15) is 5.75 Å². The van der Waals surface area contributed by atoms with Gasteiger partial charge in [-0.1, -0.05) is 19.8 Å². The molecule has 0 bridgehead atoms. The fourth-order valence-corrected chi connectivity index (χ4v) is 6.16. The maximum absolute atomic E-state index is 5.84. The fourth-order valence-electron chi connectivity index (χ4n) is 6.16. The standard InChI is InChI=1S/C31H39N3O4.HI/c1-3-4-5-11-32-30-26-20-34-13-10-22-18-28-29(38-21-37-28)19-25(22)31(34)24(23(26)8-9-27(30)35-2)7-6-12-33-14-16-36-17-15-33;/h8-9,18-20H,3-7,10-17,21H2,1-2H3;1H. The predicted octanol–water partition coefficient (Wildman–Crippen LogP) is 1.96. The van der Waals surface area contributed by atoms with Crippen molar-refractivity contribution in [3.8, 4) is 28.5 Å². The van der Waals surface area contributed by atoms with E-state index in [0.717, 1.165) is 94.6 Å². The van der Waals surface area contributed by atoms with Crippen LogP contribution in [-0.2, 0) is 24.1 Å². The molecule has 0 radical (unpaired) electrons. The molecule has 7 nitrogen and oxygen atoms in total. The number of hydrogen-bond acceptors (Lipinski definition) is 6. The third-order valence-corrected chi connectivity index (χ3v) is 8.17. The van der Waals surface area contributed by atoms with Crippen molar-refractivity contribution in [3.63, 3.8) is 0 Å². The summed E-state index contributed by atoms with van der Waals surface area (Å²) in [5, 5.41) is 6.29. The van der Waals surface area contributed by atoms with Crippen molar-refractivity contribution in [1.82, 2.24) is 4.90 Å². The second-order valence-corrected chi connectivity index (χ2v) is 10.6. The van der Waals surface area contributed by atoms with E-state index < -0.39 is 0 Å². The number of anilines is 1. The van der Waals surface area contributed by atoms with Gasteiger partial charge in [0.05, 0.1) is 37.0 Å². The number of unbranched alkanes of at least 4 members (excludes halogenated alkanes) is 2. The van der Waals surface area contributed by atoms with Crippen LogP contribution in [-0.4, -0.2) is 58.2 Å². The summed E-state index contributed by atoms with van der Waals surface area (Å²) in [5.41, 5.74) is 6.46. The van der Waals surface area contributed by atoms with Crippen molar-refractivity contribution < 1.29 is 47.5 Å². The zero-order valence-corrected chi connectivity index (χ0v) is 25.3. The number of nitrogens with zero attached hydrogens (tertiary/aromatic N) is 2. The second kappa shape index (κ2) is 12.9. The van der Waals surface area contributed by atoms with Crippen molar-refractivity contribution in [2.75, 3.05) is 58.6 Å². The zero-order chi connectivity index (χ0) is 25.9. The van der Waals surface area contributed by atoms with Crippen LogP contribution in [0.4, 0.5) is 5.69 Å². The van der Waals surface area contributed by atoms with Gasteiger partial charge in [0.2, 0.25) is 12.5 Å². The molecule has 1 fully saturated rings. The van der Waals surface area contributed by atoms with Gasteiger partial charge in [-0.05, 0) is 61.0 Å². The number of morpholine rings is 1. The molecule has 0 atom stereocenters. The molecule has 6 rings (SSSR count). The number of nitrogens with one attached hydrogen (secondary N) is 1. The molecule has 8 heteroatoms. The van der Waals surface area contributed by atoms with Crippen molar-refractivity contribution >= 4 is 16.5 Å². The number of aromatic nitrogens is 1. The topological polar surface area (TPSA) is 56.1 Å². The van der Waals surface area contributed by atoms with Gasteiger partial charge in [-0.25, -0.2) is 0 Å². The molecule has 1 N–H and O–H groups in total. The minimum atomic E-state index is 0. The first kappa shape index (κ1) is 28.2. The lowest BCUT2D eigenvalue weighted by molar-refractivity contribution is -0.686. The predicted molar refractivity (Wildman–Crippen MR) is 150 cm³/mol. The van der Waals surface area contributed by atoms with Crippen LogP contribution in [0.25, 0.3) is 22.0 Å². The molecule has 0 aliphatic carbocycles. The maximum atomic E-state index is 5.84. The smallest absolute Gasteiger partial charge is 0.231 e. The Kier molecular flexibility index (Phi) is 9.35. The molecule has 3 aromatic rings. The van der Waals surface area contributed by atoms with E-state index in [1.54, 1.807) is 7.11 Å². The number of pyridine rings is 1. The molecular weight excluding hydrogens is 605 g/mol. The van der Waals surface area contributed by atoms with Gasteiger partial charge in [-0.3, -0.25) is 4.90 Å². The minimum absolute atomic E-state index is 0. The molecule has 3 aliphatic rings. The highest BCUT2D eigenvalue weighted by Gasteiger charge is 2.32. The summed E-state index contributed by atoms with van der Waals surface area (Å²) in [7, 11) is 1.77. The van der Waals surface area contributed by atoms with Crippen LogP contribution in [0.1, 0.15) is 43.7 Å².